The van der Waals surface area contributed by atoms with Crippen molar-refractivity contribution in [1.82, 2.24) is 14.5 Å². The monoisotopic (exact) mass is 461 g/mol. The van der Waals surface area contributed by atoms with Crippen molar-refractivity contribution in [3.05, 3.63) is 88.0 Å². The minimum atomic E-state index is -0.447. The first-order valence-electron chi connectivity index (χ1n) is 10.5. The number of non-ortho nitro benzene ring substituents is 1. The summed E-state index contributed by atoms with van der Waals surface area (Å²) in [5.41, 5.74) is 3.89. The Labute approximate surface area is 195 Å². The molecule has 0 N–H and O–H groups in total. The summed E-state index contributed by atoms with van der Waals surface area (Å²) in [6.07, 6.45) is 9.27. The molecular formula is C24H23N5O3S. The van der Waals surface area contributed by atoms with Gasteiger partial charge in [-0.05, 0) is 61.2 Å². The molecule has 0 unspecified atom stereocenters. The summed E-state index contributed by atoms with van der Waals surface area (Å²) in [7, 11) is 0. The molecule has 0 fully saturated rings. The van der Waals surface area contributed by atoms with Crippen molar-refractivity contribution in [2.45, 2.75) is 26.8 Å². The number of thiazole rings is 1. The molecule has 4 aromatic rings. The second-order valence-electron chi connectivity index (χ2n) is 7.75. The number of hydrogen-bond donors (Lipinski definition) is 0. The molecule has 0 atom stereocenters. The Morgan fingerprint density at radius 2 is 2.03 bits per heavy atom. The van der Waals surface area contributed by atoms with E-state index >= 15 is 0 Å². The van der Waals surface area contributed by atoms with Crippen molar-refractivity contribution in [3.63, 3.8) is 0 Å². The van der Waals surface area contributed by atoms with Gasteiger partial charge in [-0.15, -0.1) is 0 Å². The molecule has 0 saturated heterocycles. The number of anilines is 1. The molecule has 0 aliphatic carbocycles. The summed E-state index contributed by atoms with van der Waals surface area (Å²) >= 11 is 1.51. The second-order valence-corrected chi connectivity index (χ2v) is 8.73. The predicted molar refractivity (Wildman–Crippen MR) is 130 cm³/mol. The van der Waals surface area contributed by atoms with Crippen molar-refractivity contribution in [1.29, 1.82) is 0 Å². The molecule has 2 heterocycles. The van der Waals surface area contributed by atoms with E-state index in [1.165, 1.54) is 29.5 Å². The summed E-state index contributed by atoms with van der Waals surface area (Å²) in [6.45, 7) is 5.32. The first-order chi connectivity index (χ1) is 15.9. The largest absolute Gasteiger partial charge is 0.337 e. The number of aromatic nitrogens is 3. The lowest BCUT2D eigenvalue weighted by atomic mass is 10.1. The predicted octanol–water partition coefficient (Wildman–Crippen LogP) is 5.15. The molecular weight excluding hydrogens is 438 g/mol. The molecule has 0 aliphatic rings. The van der Waals surface area contributed by atoms with E-state index in [0.29, 0.717) is 17.2 Å². The van der Waals surface area contributed by atoms with Gasteiger partial charge in [0.25, 0.3) is 11.6 Å². The number of hydrogen-bond acceptors (Lipinski definition) is 6. The molecule has 4 rings (SSSR count). The fourth-order valence-electron chi connectivity index (χ4n) is 3.58. The number of benzene rings is 2. The molecule has 0 radical (unpaired) electrons. The fraction of sp³-hybridized carbons (Fsp3) is 0.208. The first-order valence-corrected chi connectivity index (χ1v) is 11.3. The fourth-order valence-corrected chi connectivity index (χ4v) is 4.62. The lowest BCUT2D eigenvalue weighted by molar-refractivity contribution is -0.384. The van der Waals surface area contributed by atoms with E-state index in [1.807, 2.05) is 23.8 Å². The molecule has 0 aliphatic heterocycles. The van der Waals surface area contributed by atoms with E-state index in [0.717, 1.165) is 34.3 Å². The standard InChI is InChI=1S/C24H23N5O3S/c1-17-14-18(2)23-21(15-17)26-24(33-23)28(12-3-11-27-13-10-25-16-27)22(30)9-6-19-4-7-20(8-5-19)29(31)32/h4-10,13-16H,3,11-12H2,1-2H3/b9-6+. The molecule has 1 amide bonds. The molecule has 2 aromatic heterocycles. The van der Waals surface area contributed by atoms with Crippen molar-refractivity contribution in [3.8, 4) is 0 Å². The maximum atomic E-state index is 13.2. The Balaban J connectivity index is 1.58. The Bertz CT molecular complexity index is 1310. The second kappa shape index (κ2) is 9.74. The Hall–Kier alpha value is -3.85. The number of nitrogens with zero attached hydrogens (tertiary/aromatic N) is 5. The average Bonchev–Trinajstić information content (AvgIpc) is 3.45. The van der Waals surface area contributed by atoms with Gasteiger partial charge in [0.05, 0.1) is 21.5 Å². The summed E-state index contributed by atoms with van der Waals surface area (Å²) in [4.78, 5) is 34.1. The van der Waals surface area contributed by atoms with Crippen molar-refractivity contribution in [2.75, 3.05) is 11.4 Å². The third-order valence-corrected chi connectivity index (χ3v) is 6.41. The van der Waals surface area contributed by atoms with E-state index in [2.05, 4.69) is 18.0 Å². The van der Waals surface area contributed by atoms with Crippen molar-refractivity contribution >= 4 is 44.4 Å². The lowest BCUT2D eigenvalue weighted by Crippen LogP contribution is -2.30. The minimum absolute atomic E-state index is 0.0137. The highest BCUT2D eigenvalue weighted by atomic mass is 32.1. The van der Waals surface area contributed by atoms with Crippen LogP contribution in [-0.4, -0.2) is 31.9 Å². The van der Waals surface area contributed by atoms with Crippen LogP contribution in [0.5, 0.6) is 0 Å². The van der Waals surface area contributed by atoms with Gasteiger partial charge in [-0.1, -0.05) is 17.4 Å². The Kier molecular flexibility index (Phi) is 6.60. The van der Waals surface area contributed by atoms with Crippen LogP contribution in [-0.2, 0) is 11.3 Å². The van der Waals surface area contributed by atoms with Crippen LogP contribution in [0.3, 0.4) is 0 Å². The van der Waals surface area contributed by atoms with E-state index in [4.69, 9.17) is 4.98 Å². The molecule has 9 heteroatoms. The van der Waals surface area contributed by atoms with Gasteiger partial charge >= 0.3 is 0 Å². The number of aryl methyl sites for hydroxylation is 3. The van der Waals surface area contributed by atoms with Gasteiger partial charge in [0.15, 0.2) is 5.13 Å². The first kappa shape index (κ1) is 22.3. The summed E-state index contributed by atoms with van der Waals surface area (Å²) in [5.74, 6) is -0.188. The van der Waals surface area contributed by atoms with E-state index in [-0.39, 0.29) is 11.6 Å². The normalized spacial score (nSPS) is 11.3. The quantitative estimate of drug-likeness (QED) is 0.205. The highest BCUT2D eigenvalue weighted by Crippen LogP contribution is 2.32. The van der Waals surface area contributed by atoms with Gasteiger partial charge in [0.1, 0.15) is 0 Å². The molecule has 0 bridgehead atoms. The summed E-state index contributed by atoms with van der Waals surface area (Å²) < 4.78 is 3.05. The number of carbonyl (C=O) groups excluding carboxylic acids is 1. The van der Waals surface area contributed by atoms with Gasteiger partial charge in [-0.3, -0.25) is 19.8 Å². The van der Waals surface area contributed by atoms with Crippen LogP contribution in [0.1, 0.15) is 23.1 Å². The molecule has 0 saturated carbocycles. The highest BCUT2D eigenvalue weighted by Gasteiger charge is 2.18. The van der Waals surface area contributed by atoms with Gasteiger partial charge in [0, 0.05) is 43.7 Å². The highest BCUT2D eigenvalue weighted by molar-refractivity contribution is 7.22. The van der Waals surface area contributed by atoms with Gasteiger partial charge < -0.3 is 4.57 Å². The van der Waals surface area contributed by atoms with Crippen LogP contribution >= 0.6 is 11.3 Å². The van der Waals surface area contributed by atoms with Crippen LogP contribution < -0.4 is 4.90 Å². The van der Waals surface area contributed by atoms with E-state index in [9.17, 15) is 14.9 Å². The number of imidazole rings is 1. The number of nitro benzene ring substituents is 1. The maximum absolute atomic E-state index is 13.2. The van der Waals surface area contributed by atoms with Crippen LogP contribution in [0.2, 0.25) is 0 Å². The van der Waals surface area contributed by atoms with Crippen molar-refractivity contribution < 1.29 is 9.72 Å². The molecule has 33 heavy (non-hydrogen) atoms. The molecule has 168 valence electrons. The summed E-state index contributed by atoms with van der Waals surface area (Å²) in [6, 6.07) is 10.2. The average molecular weight is 462 g/mol. The van der Waals surface area contributed by atoms with E-state index < -0.39 is 4.92 Å². The SMILES string of the molecule is Cc1cc(C)c2sc(N(CCCn3ccnc3)C(=O)/C=C/c3ccc([N+](=O)[O-])cc3)nc2c1. The maximum Gasteiger partial charge on any atom is 0.269 e. The Morgan fingerprint density at radius 1 is 1.24 bits per heavy atom. The van der Waals surface area contributed by atoms with Crippen molar-refractivity contribution in [2.24, 2.45) is 0 Å². The molecule has 8 nitrogen and oxygen atoms in total. The number of fused-ring (bicyclic) bond motifs is 1. The molecule has 2 aromatic carbocycles. The number of nitro groups is 1. The number of carbonyl (C=O) groups is 1. The lowest BCUT2D eigenvalue weighted by Gasteiger charge is -2.18. The molecule has 0 spiro atoms. The zero-order valence-corrected chi connectivity index (χ0v) is 19.2. The smallest absolute Gasteiger partial charge is 0.269 e. The third kappa shape index (κ3) is 5.32. The minimum Gasteiger partial charge on any atom is -0.337 e. The van der Waals surface area contributed by atoms with E-state index in [1.54, 1.807) is 35.6 Å². The van der Waals surface area contributed by atoms with Gasteiger partial charge in [-0.25, -0.2) is 9.97 Å². The zero-order chi connectivity index (χ0) is 23.4. The summed E-state index contributed by atoms with van der Waals surface area (Å²) in [5, 5.41) is 11.5. The van der Waals surface area contributed by atoms with Crippen LogP contribution in [0.15, 0.2) is 61.2 Å². The topological polar surface area (TPSA) is 94.2 Å². The number of amides is 1. The van der Waals surface area contributed by atoms with Crippen LogP contribution in [0.25, 0.3) is 16.3 Å². The number of rotatable bonds is 8. The van der Waals surface area contributed by atoms with Crippen LogP contribution in [0.4, 0.5) is 10.8 Å². The van der Waals surface area contributed by atoms with Gasteiger partial charge in [0.2, 0.25) is 0 Å². The van der Waals surface area contributed by atoms with Gasteiger partial charge in [-0.2, -0.15) is 0 Å². The van der Waals surface area contributed by atoms with Crippen LogP contribution in [0, 0.1) is 24.0 Å². The Morgan fingerprint density at radius 3 is 2.73 bits per heavy atom. The zero-order valence-electron chi connectivity index (χ0n) is 18.3. The third-order valence-electron chi connectivity index (χ3n) is 5.19.